The molecule has 0 aliphatic carbocycles. The predicted molar refractivity (Wildman–Crippen MR) is 133 cm³/mol. The average Bonchev–Trinajstić information content (AvgIpc) is 3.31. The van der Waals surface area contributed by atoms with Gasteiger partial charge in [-0.15, -0.1) is 0 Å². The molecule has 1 atom stereocenters. The molecule has 2 heterocycles. The third-order valence-electron chi connectivity index (χ3n) is 6.23. The number of benzene rings is 2. The largest absolute Gasteiger partial charge is 0.497 e. The van der Waals surface area contributed by atoms with Crippen LogP contribution in [-0.4, -0.2) is 39.6 Å². The van der Waals surface area contributed by atoms with E-state index in [9.17, 15) is 14.9 Å². The van der Waals surface area contributed by atoms with Gasteiger partial charge in [-0.25, -0.2) is 4.68 Å². The number of nitrogens with zero attached hydrogens (tertiary/aromatic N) is 4. The van der Waals surface area contributed by atoms with Crippen LogP contribution in [0.1, 0.15) is 32.8 Å². The number of nitriles is 1. The summed E-state index contributed by atoms with van der Waals surface area (Å²) in [7, 11) is 1.61. The first-order valence-electron chi connectivity index (χ1n) is 11.4. The van der Waals surface area contributed by atoms with E-state index >= 15 is 0 Å². The van der Waals surface area contributed by atoms with Crippen LogP contribution in [-0.2, 0) is 9.59 Å². The molecule has 1 aliphatic rings. The summed E-state index contributed by atoms with van der Waals surface area (Å²) in [5.74, 6) is -0.232. The van der Waals surface area contributed by atoms with Crippen molar-refractivity contribution in [3.63, 3.8) is 0 Å². The Morgan fingerprint density at radius 3 is 2.37 bits per heavy atom. The molecule has 0 N–H and O–H groups in total. The summed E-state index contributed by atoms with van der Waals surface area (Å²) in [5.41, 5.74) is 3.72. The lowest BCUT2D eigenvalue weighted by Gasteiger charge is -2.31. The minimum atomic E-state index is -0.545. The first-order valence-corrected chi connectivity index (χ1v) is 11.4. The first-order chi connectivity index (χ1) is 16.9. The van der Waals surface area contributed by atoms with Gasteiger partial charge >= 0.3 is 0 Å². The SMILES string of the molecule is CCC(C)N1C(=O)C(C#N)=C(C)/C(=C\c2cn(-c3ccccc3)nc2-c2ccc(OC)cc2)C1=O. The molecule has 0 fully saturated rings. The fourth-order valence-corrected chi connectivity index (χ4v) is 4.02. The minimum Gasteiger partial charge on any atom is -0.497 e. The van der Waals surface area contributed by atoms with Crippen molar-refractivity contribution in [1.29, 1.82) is 5.26 Å². The smallest absolute Gasteiger partial charge is 0.271 e. The van der Waals surface area contributed by atoms with Crippen LogP contribution < -0.4 is 4.74 Å². The number of carbonyl (C=O) groups is 2. The van der Waals surface area contributed by atoms with Gasteiger partial charge in [0.25, 0.3) is 11.8 Å². The molecule has 176 valence electrons. The number of ether oxygens (including phenoxy) is 1. The molecule has 7 nitrogen and oxygen atoms in total. The molecule has 2 aromatic carbocycles. The molecular weight excluding hydrogens is 440 g/mol. The van der Waals surface area contributed by atoms with Crippen LogP contribution in [0.15, 0.2) is 77.5 Å². The van der Waals surface area contributed by atoms with Crippen LogP contribution in [0.4, 0.5) is 0 Å². The van der Waals surface area contributed by atoms with E-state index in [4.69, 9.17) is 9.84 Å². The van der Waals surface area contributed by atoms with Crippen LogP contribution in [0.5, 0.6) is 5.75 Å². The highest BCUT2D eigenvalue weighted by Gasteiger charge is 2.37. The third-order valence-corrected chi connectivity index (χ3v) is 6.23. The third kappa shape index (κ3) is 4.38. The molecule has 1 aromatic heterocycles. The zero-order valence-electron chi connectivity index (χ0n) is 20.1. The highest BCUT2D eigenvalue weighted by atomic mass is 16.5. The van der Waals surface area contributed by atoms with Gasteiger partial charge in [0.2, 0.25) is 0 Å². The summed E-state index contributed by atoms with van der Waals surface area (Å²) in [5, 5.41) is 14.5. The lowest BCUT2D eigenvalue weighted by Crippen LogP contribution is -2.47. The van der Waals surface area contributed by atoms with Crippen molar-refractivity contribution in [3.8, 4) is 28.8 Å². The zero-order chi connectivity index (χ0) is 25.1. The number of hydrogen-bond donors (Lipinski definition) is 0. The summed E-state index contributed by atoms with van der Waals surface area (Å²) in [6, 6.07) is 18.8. The Hall–Kier alpha value is -4.44. The molecule has 35 heavy (non-hydrogen) atoms. The van der Waals surface area contributed by atoms with Crippen LogP contribution in [0, 0.1) is 11.3 Å². The Bertz CT molecular complexity index is 1380. The number of aromatic nitrogens is 2. The van der Waals surface area contributed by atoms with Crippen LogP contribution in [0.2, 0.25) is 0 Å². The van der Waals surface area contributed by atoms with Crippen molar-refractivity contribution in [2.75, 3.05) is 7.11 Å². The maximum Gasteiger partial charge on any atom is 0.271 e. The molecule has 0 saturated heterocycles. The van der Waals surface area contributed by atoms with Crippen molar-refractivity contribution in [2.24, 2.45) is 0 Å². The van der Waals surface area contributed by atoms with Gasteiger partial charge < -0.3 is 4.74 Å². The Balaban J connectivity index is 1.92. The summed E-state index contributed by atoms with van der Waals surface area (Å²) >= 11 is 0. The van der Waals surface area contributed by atoms with Crippen LogP contribution >= 0.6 is 0 Å². The average molecular weight is 467 g/mol. The van der Waals surface area contributed by atoms with Gasteiger partial charge in [0.1, 0.15) is 17.4 Å². The summed E-state index contributed by atoms with van der Waals surface area (Å²) < 4.78 is 7.03. The van der Waals surface area contributed by atoms with Gasteiger partial charge in [0, 0.05) is 28.9 Å². The van der Waals surface area contributed by atoms with Gasteiger partial charge in [0.15, 0.2) is 0 Å². The lowest BCUT2D eigenvalue weighted by atomic mass is 9.92. The number of amides is 2. The minimum absolute atomic E-state index is 0.0161. The molecular formula is C28H26N4O3. The molecule has 4 rings (SSSR count). The van der Waals surface area contributed by atoms with Crippen molar-refractivity contribution in [3.05, 3.63) is 83.1 Å². The standard InChI is InChI=1S/C28H26N4O3/c1-5-18(2)32-27(33)24(19(3)25(16-29)28(32)34)15-21-17-31(22-9-7-6-8-10-22)30-26(21)20-11-13-23(35-4)14-12-20/h6-15,17-18H,5H2,1-4H3/b24-15+. The van der Waals surface area contributed by atoms with E-state index < -0.39 is 11.8 Å². The second kappa shape index (κ2) is 9.82. The fourth-order valence-electron chi connectivity index (χ4n) is 4.02. The second-order valence-electron chi connectivity index (χ2n) is 8.35. The summed E-state index contributed by atoms with van der Waals surface area (Å²) in [6.45, 7) is 5.35. The Morgan fingerprint density at radius 1 is 1.09 bits per heavy atom. The lowest BCUT2D eigenvalue weighted by molar-refractivity contribution is -0.142. The second-order valence-corrected chi connectivity index (χ2v) is 8.35. The molecule has 2 amide bonds. The highest BCUT2D eigenvalue weighted by molar-refractivity contribution is 6.20. The molecule has 0 saturated carbocycles. The Labute approximate surface area is 204 Å². The predicted octanol–water partition coefficient (Wildman–Crippen LogP) is 4.94. The number of rotatable bonds is 6. The number of methoxy groups -OCH3 is 1. The van der Waals surface area contributed by atoms with Gasteiger partial charge in [-0.3, -0.25) is 14.5 Å². The van der Waals surface area contributed by atoms with Crippen molar-refractivity contribution in [2.45, 2.75) is 33.2 Å². The molecule has 1 unspecified atom stereocenters. The highest BCUT2D eigenvalue weighted by Crippen LogP contribution is 2.32. The van der Waals surface area contributed by atoms with E-state index in [0.717, 1.165) is 17.0 Å². The Kier molecular flexibility index (Phi) is 6.65. The molecule has 3 aromatic rings. The number of para-hydroxylation sites is 1. The zero-order valence-corrected chi connectivity index (χ0v) is 20.1. The van der Waals surface area contributed by atoms with E-state index in [1.807, 2.05) is 73.8 Å². The Morgan fingerprint density at radius 2 is 1.77 bits per heavy atom. The quantitative estimate of drug-likeness (QED) is 0.379. The maximum atomic E-state index is 13.5. The molecule has 0 bridgehead atoms. The molecule has 7 heteroatoms. The molecule has 1 aliphatic heterocycles. The van der Waals surface area contributed by atoms with E-state index in [0.29, 0.717) is 28.8 Å². The van der Waals surface area contributed by atoms with E-state index in [1.54, 1.807) is 31.7 Å². The van der Waals surface area contributed by atoms with Crippen molar-refractivity contribution < 1.29 is 14.3 Å². The van der Waals surface area contributed by atoms with Gasteiger partial charge in [-0.05, 0) is 68.3 Å². The van der Waals surface area contributed by atoms with Crippen molar-refractivity contribution >= 4 is 17.9 Å². The number of hydrogen-bond acceptors (Lipinski definition) is 5. The summed E-state index contributed by atoms with van der Waals surface area (Å²) in [4.78, 5) is 27.5. The van der Waals surface area contributed by atoms with E-state index in [-0.39, 0.29) is 11.6 Å². The van der Waals surface area contributed by atoms with E-state index in [2.05, 4.69) is 0 Å². The maximum absolute atomic E-state index is 13.5. The normalized spacial score (nSPS) is 16.0. The van der Waals surface area contributed by atoms with Gasteiger partial charge in [-0.1, -0.05) is 25.1 Å². The summed E-state index contributed by atoms with van der Waals surface area (Å²) in [6.07, 6.45) is 4.16. The van der Waals surface area contributed by atoms with Gasteiger partial charge in [0.05, 0.1) is 18.5 Å². The van der Waals surface area contributed by atoms with E-state index in [1.165, 1.54) is 4.90 Å². The topological polar surface area (TPSA) is 88.2 Å². The monoisotopic (exact) mass is 466 g/mol. The first kappa shape index (κ1) is 23.7. The van der Waals surface area contributed by atoms with Crippen LogP contribution in [0.3, 0.4) is 0 Å². The number of imide groups is 1. The van der Waals surface area contributed by atoms with Crippen LogP contribution in [0.25, 0.3) is 23.0 Å². The molecule has 0 spiro atoms. The fraction of sp³-hybridized carbons (Fsp3) is 0.214. The number of carbonyl (C=O) groups excluding carboxylic acids is 2. The van der Waals surface area contributed by atoms with Gasteiger partial charge in [-0.2, -0.15) is 10.4 Å². The van der Waals surface area contributed by atoms with Crippen molar-refractivity contribution in [1.82, 2.24) is 14.7 Å². The molecule has 0 radical (unpaired) electrons.